The van der Waals surface area contributed by atoms with Gasteiger partial charge in [0, 0.05) is 11.9 Å². The van der Waals surface area contributed by atoms with Crippen LogP contribution in [0.5, 0.6) is 0 Å². The third kappa shape index (κ3) is 4.05. The summed E-state index contributed by atoms with van der Waals surface area (Å²) >= 11 is 0. The summed E-state index contributed by atoms with van der Waals surface area (Å²) < 4.78 is 18.1. The third-order valence-corrected chi connectivity index (χ3v) is 3.94. The number of H-pyrrole nitrogens is 1. The summed E-state index contributed by atoms with van der Waals surface area (Å²) in [5.41, 5.74) is 1.77. The van der Waals surface area contributed by atoms with Gasteiger partial charge in [-0.25, -0.2) is 9.18 Å². The number of hydrogen-bond donors (Lipinski definition) is 2. The quantitative estimate of drug-likeness (QED) is 0.666. The minimum atomic E-state index is -0.953. The van der Waals surface area contributed by atoms with E-state index in [4.69, 9.17) is 4.74 Å². The standard InChI is InChI=1S/C19H18FN3O3/c1-12(18(24)21-11-10-13-6-8-14(20)9-7-13)26-19(25)17-15-4-2-3-5-16(15)22-23-17/h2-9,12H,10-11H2,1H3,(H,21,24)(H,22,23)/t12-/m0/s1. The second-order valence-corrected chi connectivity index (χ2v) is 5.83. The zero-order chi connectivity index (χ0) is 18.5. The Balaban J connectivity index is 1.52. The van der Waals surface area contributed by atoms with E-state index in [1.54, 1.807) is 30.3 Å². The lowest BCUT2D eigenvalue weighted by molar-refractivity contribution is -0.129. The second kappa shape index (κ2) is 7.77. The SMILES string of the molecule is C[C@H](OC(=O)c1n[nH]c2ccccc12)C(=O)NCCc1ccc(F)cc1. The number of nitrogens with zero attached hydrogens (tertiary/aromatic N) is 1. The highest BCUT2D eigenvalue weighted by atomic mass is 19.1. The van der Waals surface area contributed by atoms with Crippen LogP contribution in [-0.2, 0) is 16.0 Å². The average molecular weight is 355 g/mol. The number of halogens is 1. The first-order valence-electron chi connectivity index (χ1n) is 8.21. The van der Waals surface area contributed by atoms with E-state index in [0.29, 0.717) is 18.4 Å². The molecule has 2 aromatic carbocycles. The number of carbonyl (C=O) groups is 2. The first-order chi connectivity index (χ1) is 12.5. The van der Waals surface area contributed by atoms with Gasteiger partial charge >= 0.3 is 5.97 Å². The van der Waals surface area contributed by atoms with Crippen molar-refractivity contribution in [2.75, 3.05) is 6.54 Å². The number of para-hydroxylation sites is 1. The highest BCUT2D eigenvalue weighted by molar-refractivity contribution is 6.02. The van der Waals surface area contributed by atoms with Gasteiger partial charge in [0.05, 0.1) is 5.52 Å². The maximum Gasteiger partial charge on any atom is 0.360 e. The molecule has 7 heteroatoms. The topological polar surface area (TPSA) is 84.1 Å². The van der Waals surface area contributed by atoms with E-state index in [1.807, 2.05) is 6.07 Å². The van der Waals surface area contributed by atoms with E-state index in [2.05, 4.69) is 15.5 Å². The molecular formula is C19H18FN3O3. The number of esters is 1. The van der Waals surface area contributed by atoms with Gasteiger partial charge in [0.15, 0.2) is 11.8 Å². The summed E-state index contributed by atoms with van der Waals surface area (Å²) in [6, 6.07) is 13.2. The number of nitrogens with one attached hydrogen (secondary N) is 2. The van der Waals surface area contributed by atoms with Crippen LogP contribution >= 0.6 is 0 Å². The first-order valence-corrected chi connectivity index (χ1v) is 8.21. The molecule has 26 heavy (non-hydrogen) atoms. The van der Waals surface area contributed by atoms with E-state index in [9.17, 15) is 14.0 Å². The minimum absolute atomic E-state index is 0.145. The second-order valence-electron chi connectivity index (χ2n) is 5.83. The molecule has 3 rings (SSSR count). The fourth-order valence-corrected chi connectivity index (χ4v) is 2.51. The smallest absolute Gasteiger partial charge is 0.360 e. The van der Waals surface area contributed by atoms with E-state index in [-0.39, 0.29) is 11.5 Å². The number of benzene rings is 2. The summed E-state index contributed by atoms with van der Waals surface area (Å²) in [6.45, 7) is 1.86. The molecule has 6 nitrogen and oxygen atoms in total. The van der Waals surface area contributed by atoms with Gasteiger partial charge in [-0.15, -0.1) is 0 Å². The molecule has 0 aliphatic rings. The monoisotopic (exact) mass is 355 g/mol. The van der Waals surface area contributed by atoms with Crippen LogP contribution in [0.25, 0.3) is 10.9 Å². The molecule has 1 aromatic heterocycles. The molecular weight excluding hydrogens is 337 g/mol. The van der Waals surface area contributed by atoms with Crippen LogP contribution in [-0.4, -0.2) is 34.7 Å². The van der Waals surface area contributed by atoms with Crippen molar-refractivity contribution >= 4 is 22.8 Å². The number of aromatic nitrogens is 2. The Morgan fingerprint density at radius 3 is 2.69 bits per heavy atom. The molecule has 0 spiro atoms. The van der Waals surface area contributed by atoms with Crippen molar-refractivity contribution in [1.82, 2.24) is 15.5 Å². The molecule has 0 aliphatic heterocycles. The van der Waals surface area contributed by atoms with E-state index in [1.165, 1.54) is 19.1 Å². The Hall–Kier alpha value is -3.22. The van der Waals surface area contributed by atoms with E-state index >= 15 is 0 Å². The van der Waals surface area contributed by atoms with Crippen LogP contribution in [0.2, 0.25) is 0 Å². The van der Waals surface area contributed by atoms with Gasteiger partial charge in [-0.1, -0.05) is 30.3 Å². The van der Waals surface area contributed by atoms with Crippen molar-refractivity contribution in [3.63, 3.8) is 0 Å². The lowest BCUT2D eigenvalue weighted by Gasteiger charge is -2.13. The minimum Gasteiger partial charge on any atom is -0.448 e. The van der Waals surface area contributed by atoms with Gasteiger partial charge < -0.3 is 10.1 Å². The van der Waals surface area contributed by atoms with Crippen molar-refractivity contribution in [3.05, 3.63) is 65.6 Å². The molecule has 0 bridgehead atoms. The van der Waals surface area contributed by atoms with E-state index in [0.717, 1.165) is 11.1 Å². The van der Waals surface area contributed by atoms with Crippen molar-refractivity contribution in [1.29, 1.82) is 0 Å². The summed E-state index contributed by atoms with van der Waals surface area (Å²) in [4.78, 5) is 24.3. The molecule has 0 radical (unpaired) electrons. The number of amides is 1. The summed E-state index contributed by atoms with van der Waals surface area (Å²) in [5, 5.41) is 10.0. The molecule has 0 fully saturated rings. The van der Waals surface area contributed by atoms with Crippen LogP contribution in [0.3, 0.4) is 0 Å². The lowest BCUT2D eigenvalue weighted by Crippen LogP contribution is -2.37. The number of fused-ring (bicyclic) bond motifs is 1. The summed E-state index contributed by atoms with van der Waals surface area (Å²) in [7, 11) is 0. The predicted octanol–water partition coefficient (Wildman–Crippen LogP) is 2.61. The van der Waals surface area contributed by atoms with E-state index < -0.39 is 18.0 Å². The maximum absolute atomic E-state index is 12.9. The van der Waals surface area contributed by atoms with Crippen molar-refractivity contribution in [2.24, 2.45) is 0 Å². The molecule has 3 aromatic rings. The number of hydrogen-bond acceptors (Lipinski definition) is 4. The molecule has 134 valence electrons. The molecule has 2 N–H and O–H groups in total. The molecule has 1 heterocycles. The molecule has 0 saturated carbocycles. The first kappa shape index (κ1) is 17.6. The highest BCUT2D eigenvalue weighted by Gasteiger charge is 2.22. The molecule has 0 unspecified atom stereocenters. The highest BCUT2D eigenvalue weighted by Crippen LogP contribution is 2.16. The van der Waals surface area contributed by atoms with Crippen molar-refractivity contribution in [2.45, 2.75) is 19.4 Å². The number of rotatable bonds is 6. The summed E-state index contributed by atoms with van der Waals surface area (Å²) in [5.74, 6) is -1.37. The fraction of sp³-hybridized carbons (Fsp3) is 0.211. The van der Waals surface area contributed by atoms with Crippen LogP contribution in [0, 0.1) is 5.82 Å². The number of carbonyl (C=O) groups excluding carboxylic acids is 2. The third-order valence-electron chi connectivity index (χ3n) is 3.94. The van der Waals surface area contributed by atoms with Gasteiger partial charge in [-0.05, 0) is 37.1 Å². The Morgan fingerprint density at radius 2 is 1.92 bits per heavy atom. The fourth-order valence-electron chi connectivity index (χ4n) is 2.51. The van der Waals surface area contributed by atoms with Crippen molar-refractivity contribution < 1.29 is 18.7 Å². The molecule has 0 aliphatic carbocycles. The Kier molecular flexibility index (Phi) is 5.26. The van der Waals surface area contributed by atoms with Gasteiger partial charge in [0.2, 0.25) is 0 Å². The van der Waals surface area contributed by atoms with Gasteiger partial charge in [0.25, 0.3) is 5.91 Å². The Labute approximate surface area is 149 Å². The molecule has 0 saturated heterocycles. The lowest BCUT2D eigenvalue weighted by atomic mass is 10.1. The summed E-state index contributed by atoms with van der Waals surface area (Å²) in [6.07, 6.45) is -0.400. The normalized spacial score (nSPS) is 11.9. The van der Waals surface area contributed by atoms with Gasteiger partial charge in [-0.2, -0.15) is 5.10 Å². The Bertz CT molecular complexity index is 921. The zero-order valence-corrected chi connectivity index (χ0v) is 14.2. The maximum atomic E-state index is 12.9. The van der Waals surface area contributed by atoms with Gasteiger partial charge in [0.1, 0.15) is 5.82 Å². The largest absolute Gasteiger partial charge is 0.448 e. The van der Waals surface area contributed by atoms with Crippen LogP contribution in [0.4, 0.5) is 4.39 Å². The van der Waals surface area contributed by atoms with Gasteiger partial charge in [-0.3, -0.25) is 9.89 Å². The molecule has 1 atom stereocenters. The number of aromatic amines is 1. The zero-order valence-electron chi connectivity index (χ0n) is 14.2. The van der Waals surface area contributed by atoms with Crippen molar-refractivity contribution in [3.8, 4) is 0 Å². The van der Waals surface area contributed by atoms with Crippen LogP contribution in [0.1, 0.15) is 23.0 Å². The molecule has 1 amide bonds. The van der Waals surface area contributed by atoms with Crippen LogP contribution < -0.4 is 5.32 Å². The number of ether oxygens (including phenoxy) is 1. The Morgan fingerprint density at radius 1 is 1.19 bits per heavy atom. The average Bonchev–Trinajstić information content (AvgIpc) is 3.07. The predicted molar refractivity (Wildman–Crippen MR) is 94.1 cm³/mol. The van der Waals surface area contributed by atoms with Crippen LogP contribution in [0.15, 0.2) is 48.5 Å².